The summed E-state index contributed by atoms with van der Waals surface area (Å²) >= 11 is 0. The number of para-hydroxylation sites is 1. The summed E-state index contributed by atoms with van der Waals surface area (Å²) < 4.78 is 9.92. The first-order valence-corrected chi connectivity index (χ1v) is 7.87. The maximum Gasteiger partial charge on any atom is 0.287 e. The van der Waals surface area contributed by atoms with Crippen LogP contribution in [0.25, 0.3) is 0 Å². The van der Waals surface area contributed by atoms with E-state index in [1.165, 1.54) is 7.11 Å². The Kier molecular flexibility index (Phi) is 4.56. The lowest BCUT2D eigenvalue weighted by Gasteiger charge is -2.21. The Bertz CT molecular complexity index is 846. The van der Waals surface area contributed by atoms with Crippen molar-refractivity contribution < 1.29 is 18.7 Å². The molecular weight excluding hydrogens is 324 g/mol. The van der Waals surface area contributed by atoms with Crippen LogP contribution in [0.2, 0.25) is 0 Å². The zero-order chi connectivity index (χ0) is 18.0. The van der Waals surface area contributed by atoms with Gasteiger partial charge in [-0.3, -0.25) is 14.4 Å². The first-order chi connectivity index (χ1) is 12.0. The molecule has 2 heterocycles. The summed E-state index contributed by atoms with van der Waals surface area (Å²) in [6.45, 7) is 1.92. The van der Waals surface area contributed by atoms with Gasteiger partial charge in [-0.05, 0) is 25.5 Å². The molecule has 3 rings (SSSR count). The minimum atomic E-state index is -0.671. The van der Waals surface area contributed by atoms with Gasteiger partial charge < -0.3 is 19.4 Å². The fourth-order valence-corrected chi connectivity index (χ4v) is 2.92. The van der Waals surface area contributed by atoms with Gasteiger partial charge in [0.25, 0.3) is 5.91 Å². The van der Waals surface area contributed by atoms with E-state index in [9.17, 15) is 14.4 Å². The summed E-state index contributed by atoms with van der Waals surface area (Å²) in [4.78, 5) is 38.3. The highest BCUT2D eigenvalue weighted by Gasteiger charge is 2.39. The van der Waals surface area contributed by atoms with Crippen molar-refractivity contribution in [1.29, 1.82) is 0 Å². The zero-order valence-corrected chi connectivity index (χ0v) is 13.9. The lowest BCUT2D eigenvalue weighted by atomic mass is 10.2. The van der Waals surface area contributed by atoms with E-state index >= 15 is 0 Å². The van der Waals surface area contributed by atoms with Crippen LogP contribution >= 0.6 is 0 Å². The van der Waals surface area contributed by atoms with Crippen molar-refractivity contribution in [3.05, 3.63) is 58.6 Å². The van der Waals surface area contributed by atoms with E-state index in [-0.39, 0.29) is 23.5 Å². The predicted octanol–water partition coefficient (Wildman–Crippen LogP) is 1.57. The van der Waals surface area contributed by atoms with Crippen molar-refractivity contribution in [3.8, 4) is 5.75 Å². The molecule has 0 unspecified atom stereocenters. The summed E-state index contributed by atoms with van der Waals surface area (Å²) in [7, 11) is 1.34. The Morgan fingerprint density at radius 1 is 1.28 bits per heavy atom. The van der Waals surface area contributed by atoms with Gasteiger partial charge >= 0.3 is 0 Å². The molecule has 0 bridgehead atoms. The summed E-state index contributed by atoms with van der Waals surface area (Å²) in [5.41, 5.74) is 0.323. The average Bonchev–Trinajstić information content (AvgIpc) is 2.89. The number of nitrogens with one attached hydrogen (secondary N) is 1. The molecule has 2 amide bonds. The van der Waals surface area contributed by atoms with Gasteiger partial charge in [0.2, 0.25) is 17.1 Å². The van der Waals surface area contributed by atoms with Crippen LogP contribution in [-0.4, -0.2) is 31.0 Å². The van der Waals surface area contributed by atoms with Gasteiger partial charge in [0.15, 0.2) is 5.76 Å². The number of rotatable bonds is 4. The monoisotopic (exact) mass is 342 g/mol. The van der Waals surface area contributed by atoms with E-state index in [0.717, 1.165) is 18.0 Å². The third-order valence-electron chi connectivity index (χ3n) is 4.13. The van der Waals surface area contributed by atoms with Gasteiger partial charge in [-0.2, -0.15) is 0 Å². The second-order valence-electron chi connectivity index (χ2n) is 5.83. The molecule has 1 aromatic heterocycles. The summed E-state index contributed by atoms with van der Waals surface area (Å²) in [6.07, 6.45) is 1.55. The number of nitrogens with zero attached hydrogens (tertiary/aromatic N) is 1. The first kappa shape index (κ1) is 16.8. The molecule has 0 radical (unpaired) electrons. The number of methoxy groups -OCH3 is 1. The Morgan fingerprint density at radius 2 is 2.00 bits per heavy atom. The predicted molar refractivity (Wildman–Crippen MR) is 90.8 cm³/mol. The maximum absolute atomic E-state index is 12.6. The molecular formula is C18H18N2O5. The van der Waals surface area contributed by atoms with Crippen LogP contribution in [0.15, 0.2) is 51.9 Å². The lowest BCUT2D eigenvalue weighted by molar-refractivity contribution is -0.118. The molecule has 7 heteroatoms. The second-order valence-corrected chi connectivity index (χ2v) is 5.83. The molecule has 1 aromatic carbocycles. The zero-order valence-electron chi connectivity index (χ0n) is 13.9. The third-order valence-corrected chi connectivity index (χ3v) is 4.13. The van der Waals surface area contributed by atoms with Crippen molar-refractivity contribution in [1.82, 2.24) is 5.32 Å². The highest BCUT2D eigenvalue weighted by molar-refractivity contribution is 6.03. The molecule has 0 aliphatic carbocycles. The van der Waals surface area contributed by atoms with Gasteiger partial charge in [-0.15, -0.1) is 0 Å². The van der Waals surface area contributed by atoms with Crippen LogP contribution in [0, 0.1) is 0 Å². The summed E-state index contributed by atoms with van der Waals surface area (Å²) in [6, 6.07) is 9.60. The summed E-state index contributed by atoms with van der Waals surface area (Å²) in [5.74, 6) is -0.954. The minimum absolute atomic E-state index is 0.0115. The fourth-order valence-electron chi connectivity index (χ4n) is 2.92. The van der Waals surface area contributed by atoms with Gasteiger partial charge in [0.1, 0.15) is 12.3 Å². The molecule has 130 valence electrons. The molecule has 0 spiro atoms. The van der Waals surface area contributed by atoms with Gasteiger partial charge in [0.05, 0.1) is 7.11 Å². The molecule has 1 fully saturated rings. The van der Waals surface area contributed by atoms with E-state index in [1.807, 2.05) is 37.3 Å². The van der Waals surface area contributed by atoms with E-state index in [2.05, 4.69) is 5.32 Å². The number of hydrogen-bond donors (Lipinski definition) is 1. The number of benzene rings is 1. The van der Waals surface area contributed by atoms with Gasteiger partial charge in [0, 0.05) is 17.8 Å². The number of carbonyl (C=O) groups excluding carboxylic acids is 2. The molecule has 1 saturated heterocycles. The molecule has 1 aliphatic rings. The quantitative estimate of drug-likeness (QED) is 0.911. The summed E-state index contributed by atoms with van der Waals surface area (Å²) in [5, 5.41) is 2.64. The number of carbonyl (C=O) groups is 2. The van der Waals surface area contributed by atoms with Crippen molar-refractivity contribution in [2.45, 2.75) is 25.4 Å². The Hall–Kier alpha value is -3.09. The van der Waals surface area contributed by atoms with Crippen molar-refractivity contribution in [3.63, 3.8) is 0 Å². The number of ether oxygens (including phenoxy) is 1. The van der Waals surface area contributed by atoms with Crippen LogP contribution in [0.1, 0.15) is 23.9 Å². The van der Waals surface area contributed by atoms with Crippen molar-refractivity contribution in [2.24, 2.45) is 0 Å². The smallest absolute Gasteiger partial charge is 0.287 e. The van der Waals surface area contributed by atoms with Crippen LogP contribution in [0.3, 0.4) is 0 Å². The van der Waals surface area contributed by atoms with E-state index in [4.69, 9.17) is 9.15 Å². The molecule has 7 nitrogen and oxygen atoms in total. The molecule has 1 aliphatic heterocycles. The Morgan fingerprint density at radius 3 is 2.64 bits per heavy atom. The maximum atomic E-state index is 12.6. The van der Waals surface area contributed by atoms with Crippen LogP contribution in [0.4, 0.5) is 5.69 Å². The molecule has 0 saturated carbocycles. The van der Waals surface area contributed by atoms with Crippen LogP contribution in [-0.2, 0) is 4.79 Å². The van der Waals surface area contributed by atoms with E-state index in [0.29, 0.717) is 6.42 Å². The average molecular weight is 342 g/mol. The minimum Gasteiger partial charge on any atom is -0.490 e. The van der Waals surface area contributed by atoms with Gasteiger partial charge in [-0.1, -0.05) is 18.2 Å². The number of amides is 2. The highest BCUT2D eigenvalue weighted by atomic mass is 16.5. The third kappa shape index (κ3) is 3.26. The lowest BCUT2D eigenvalue weighted by Crippen LogP contribution is -2.42. The first-order valence-electron chi connectivity index (χ1n) is 7.87. The molecule has 1 N–H and O–H groups in total. The van der Waals surface area contributed by atoms with Gasteiger partial charge in [-0.25, -0.2) is 0 Å². The normalized spacial score (nSPS) is 19.8. The number of hydrogen-bond acceptors (Lipinski definition) is 5. The highest BCUT2D eigenvalue weighted by Crippen LogP contribution is 2.26. The molecule has 2 aromatic rings. The molecule has 2 atom stereocenters. The van der Waals surface area contributed by atoms with Crippen molar-refractivity contribution in [2.75, 3.05) is 12.0 Å². The fraction of sp³-hybridized carbons (Fsp3) is 0.278. The van der Waals surface area contributed by atoms with Crippen LogP contribution in [0.5, 0.6) is 5.75 Å². The van der Waals surface area contributed by atoms with E-state index < -0.39 is 17.4 Å². The second kappa shape index (κ2) is 6.80. The topological polar surface area (TPSA) is 88.8 Å². The molecule has 25 heavy (non-hydrogen) atoms. The van der Waals surface area contributed by atoms with Crippen molar-refractivity contribution >= 4 is 17.5 Å². The Labute approximate surface area is 144 Å². The Balaban J connectivity index is 1.75. The number of anilines is 1. The van der Waals surface area contributed by atoms with Crippen LogP contribution < -0.4 is 20.4 Å². The van der Waals surface area contributed by atoms with E-state index in [1.54, 1.807) is 4.90 Å². The standard InChI is InChI=1S/C18H18N2O5/c1-11-8-13(18(23)20(11)12-6-4-3-5-7-12)19-17(22)15-9-14(21)16(24-2)10-25-15/h3-7,9-11,13H,8H2,1-2H3,(H,19,22)/t11-,13-/m1/s1. The SMILES string of the molecule is COc1coc(C(=O)N[C@@H]2C[C@@H](C)N(c3ccccc3)C2=O)cc1=O. The largest absolute Gasteiger partial charge is 0.490 e.